The molecule has 0 aliphatic rings. The first-order valence-electron chi connectivity index (χ1n) is 9.06. The van der Waals surface area contributed by atoms with Gasteiger partial charge in [-0.3, -0.25) is 4.79 Å². The third-order valence-electron chi connectivity index (χ3n) is 4.73. The summed E-state index contributed by atoms with van der Waals surface area (Å²) < 4.78 is 1.74. The standard InChI is InChI=1S/C24H19ClN2O/c1-16-7-11-18(12-8-16)23-20(24(28)19-13-9-17(2)10-14-19)15-26-27(23)22-6-4-3-5-21(22)25/h3-15H,1-2H3. The average Bonchev–Trinajstić information content (AvgIpc) is 3.14. The molecule has 1 heterocycles. The number of carbonyl (C=O) groups is 1. The van der Waals surface area contributed by atoms with E-state index in [0.29, 0.717) is 16.1 Å². The van der Waals surface area contributed by atoms with Crippen molar-refractivity contribution in [3.63, 3.8) is 0 Å². The maximum atomic E-state index is 13.3. The van der Waals surface area contributed by atoms with Gasteiger partial charge >= 0.3 is 0 Å². The van der Waals surface area contributed by atoms with Crippen molar-refractivity contribution >= 4 is 17.4 Å². The second-order valence-corrected chi connectivity index (χ2v) is 7.24. The highest BCUT2D eigenvalue weighted by atomic mass is 35.5. The van der Waals surface area contributed by atoms with Gasteiger partial charge in [0.15, 0.2) is 5.78 Å². The molecule has 4 aromatic rings. The number of aryl methyl sites for hydroxylation is 2. The molecule has 0 saturated carbocycles. The van der Waals surface area contributed by atoms with Crippen molar-refractivity contribution in [2.45, 2.75) is 13.8 Å². The summed E-state index contributed by atoms with van der Waals surface area (Å²) in [6.07, 6.45) is 1.63. The zero-order chi connectivity index (χ0) is 19.7. The number of aromatic nitrogens is 2. The molecule has 1 aromatic heterocycles. The Balaban J connectivity index is 1.92. The van der Waals surface area contributed by atoms with Crippen LogP contribution in [0.15, 0.2) is 79.0 Å². The van der Waals surface area contributed by atoms with Crippen LogP contribution in [0.5, 0.6) is 0 Å². The fourth-order valence-corrected chi connectivity index (χ4v) is 3.39. The lowest BCUT2D eigenvalue weighted by Gasteiger charge is -2.12. The number of halogens is 1. The Morgan fingerprint density at radius 3 is 2.11 bits per heavy atom. The van der Waals surface area contributed by atoms with Crippen molar-refractivity contribution in [1.29, 1.82) is 0 Å². The van der Waals surface area contributed by atoms with E-state index < -0.39 is 0 Å². The van der Waals surface area contributed by atoms with Crippen LogP contribution < -0.4 is 0 Å². The summed E-state index contributed by atoms with van der Waals surface area (Å²) in [6.45, 7) is 4.04. The Labute approximate surface area is 169 Å². The van der Waals surface area contributed by atoms with Gasteiger partial charge in [-0.25, -0.2) is 4.68 Å². The van der Waals surface area contributed by atoms with Gasteiger partial charge in [-0.1, -0.05) is 83.4 Å². The maximum absolute atomic E-state index is 13.3. The van der Waals surface area contributed by atoms with Gasteiger partial charge in [-0.2, -0.15) is 5.10 Å². The van der Waals surface area contributed by atoms with Crippen LogP contribution in [0.4, 0.5) is 0 Å². The average molecular weight is 387 g/mol. The Kier molecular flexibility index (Phi) is 4.84. The predicted octanol–water partition coefficient (Wildman–Crippen LogP) is 6.04. The number of nitrogens with zero attached hydrogens (tertiary/aromatic N) is 2. The highest BCUT2D eigenvalue weighted by Crippen LogP contribution is 2.31. The van der Waals surface area contributed by atoms with Crippen molar-refractivity contribution < 1.29 is 4.79 Å². The lowest BCUT2D eigenvalue weighted by Crippen LogP contribution is -2.05. The van der Waals surface area contributed by atoms with Crippen molar-refractivity contribution in [2.24, 2.45) is 0 Å². The molecule has 0 radical (unpaired) electrons. The Hall–Kier alpha value is -3.17. The Morgan fingerprint density at radius 1 is 0.857 bits per heavy atom. The van der Waals surface area contributed by atoms with Crippen molar-refractivity contribution in [3.8, 4) is 16.9 Å². The maximum Gasteiger partial charge on any atom is 0.196 e. The van der Waals surface area contributed by atoms with E-state index in [1.54, 1.807) is 10.9 Å². The van der Waals surface area contributed by atoms with Crippen molar-refractivity contribution in [1.82, 2.24) is 9.78 Å². The number of ketones is 1. The lowest BCUT2D eigenvalue weighted by molar-refractivity contribution is 0.103. The van der Waals surface area contributed by atoms with E-state index in [-0.39, 0.29) is 5.78 Å². The quantitative estimate of drug-likeness (QED) is 0.401. The van der Waals surface area contributed by atoms with Gasteiger partial charge in [0.25, 0.3) is 0 Å². The summed E-state index contributed by atoms with van der Waals surface area (Å²) in [7, 11) is 0. The SMILES string of the molecule is Cc1ccc(C(=O)c2cnn(-c3ccccc3Cl)c2-c2ccc(C)cc2)cc1. The molecule has 0 atom stereocenters. The van der Waals surface area contributed by atoms with Crippen LogP contribution in [0.25, 0.3) is 16.9 Å². The topological polar surface area (TPSA) is 34.9 Å². The largest absolute Gasteiger partial charge is 0.288 e. The van der Waals surface area contributed by atoms with E-state index in [4.69, 9.17) is 11.6 Å². The lowest BCUT2D eigenvalue weighted by atomic mass is 9.99. The predicted molar refractivity (Wildman–Crippen MR) is 113 cm³/mol. The van der Waals surface area contributed by atoms with Crippen LogP contribution in [-0.2, 0) is 0 Å². The molecule has 3 nitrogen and oxygen atoms in total. The zero-order valence-corrected chi connectivity index (χ0v) is 16.4. The van der Waals surface area contributed by atoms with Gasteiger partial charge < -0.3 is 0 Å². The van der Waals surface area contributed by atoms with E-state index >= 15 is 0 Å². The van der Waals surface area contributed by atoms with Gasteiger partial charge in [-0.05, 0) is 26.0 Å². The minimum absolute atomic E-state index is 0.0612. The molecule has 0 spiro atoms. The van der Waals surface area contributed by atoms with E-state index in [0.717, 1.165) is 28.1 Å². The number of benzene rings is 3. The first-order chi connectivity index (χ1) is 13.5. The third-order valence-corrected chi connectivity index (χ3v) is 5.05. The molecule has 0 aliphatic carbocycles. The summed E-state index contributed by atoms with van der Waals surface area (Å²) in [5.41, 5.74) is 5.84. The van der Waals surface area contributed by atoms with E-state index in [9.17, 15) is 4.79 Å². The molecule has 0 saturated heterocycles. The molecule has 28 heavy (non-hydrogen) atoms. The molecule has 4 rings (SSSR count). The Morgan fingerprint density at radius 2 is 1.46 bits per heavy atom. The normalized spacial score (nSPS) is 10.8. The molecule has 4 heteroatoms. The number of para-hydroxylation sites is 1. The molecule has 0 fully saturated rings. The van der Waals surface area contributed by atoms with Crippen LogP contribution in [0.2, 0.25) is 5.02 Å². The second kappa shape index (κ2) is 7.45. The van der Waals surface area contributed by atoms with Crippen LogP contribution in [0, 0.1) is 13.8 Å². The molecule has 138 valence electrons. The van der Waals surface area contributed by atoms with Crippen LogP contribution in [-0.4, -0.2) is 15.6 Å². The summed E-state index contributed by atoms with van der Waals surface area (Å²) >= 11 is 6.42. The molecule has 0 aliphatic heterocycles. The monoisotopic (exact) mass is 386 g/mol. The highest BCUT2D eigenvalue weighted by Gasteiger charge is 2.22. The van der Waals surface area contributed by atoms with Crippen molar-refractivity contribution in [2.75, 3.05) is 0 Å². The van der Waals surface area contributed by atoms with Gasteiger partial charge in [0.1, 0.15) is 0 Å². The van der Waals surface area contributed by atoms with E-state index in [2.05, 4.69) is 5.10 Å². The molecule has 0 unspecified atom stereocenters. The zero-order valence-electron chi connectivity index (χ0n) is 15.7. The van der Waals surface area contributed by atoms with Gasteiger partial charge in [-0.15, -0.1) is 0 Å². The molecule has 0 bridgehead atoms. The van der Waals surface area contributed by atoms with E-state index in [1.807, 2.05) is 86.6 Å². The second-order valence-electron chi connectivity index (χ2n) is 6.83. The first-order valence-corrected chi connectivity index (χ1v) is 9.44. The number of rotatable bonds is 4. The number of hydrogen-bond acceptors (Lipinski definition) is 2. The first kappa shape index (κ1) is 18.2. The summed E-state index contributed by atoms with van der Waals surface area (Å²) in [4.78, 5) is 13.3. The van der Waals surface area contributed by atoms with Crippen molar-refractivity contribution in [3.05, 3.63) is 106 Å². The molecule has 0 amide bonds. The summed E-state index contributed by atoms with van der Waals surface area (Å²) in [5.74, 6) is -0.0612. The highest BCUT2D eigenvalue weighted by molar-refractivity contribution is 6.32. The fraction of sp³-hybridized carbons (Fsp3) is 0.0833. The van der Waals surface area contributed by atoms with Crippen LogP contribution >= 0.6 is 11.6 Å². The van der Waals surface area contributed by atoms with Crippen LogP contribution in [0.3, 0.4) is 0 Å². The molecule has 0 N–H and O–H groups in total. The summed E-state index contributed by atoms with van der Waals surface area (Å²) in [6, 6.07) is 23.1. The third kappa shape index (κ3) is 3.37. The van der Waals surface area contributed by atoms with Gasteiger partial charge in [0.2, 0.25) is 0 Å². The Bertz CT molecular complexity index is 1140. The van der Waals surface area contributed by atoms with Crippen LogP contribution in [0.1, 0.15) is 27.0 Å². The number of carbonyl (C=O) groups excluding carboxylic acids is 1. The number of hydrogen-bond donors (Lipinski definition) is 0. The molecular weight excluding hydrogens is 368 g/mol. The molecular formula is C24H19ClN2O. The summed E-state index contributed by atoms with van der Waals surface area (Å²) in [5, 5.41) is 5.10. The molecule has 3 aromatic carbocycles. The van der Waals surface area contributed by atoms with E-state index in [1.165, 1.54) is 0 Å². The van der Waals surface area contributed by atoms with Gasteiger partial charge in [0.05, 0.1) is 28.2 Å². The smallest absolute Gasteiger partial charge is 0.196 e. The minimum atomic E-state index is -0.0612. The minimum Gasteiger partial charge on any atom is -0.288 e. The van der Waals surface area contributed by atoms with Gasteiger partial charge in [0, 0.05) is 11.1 Å². The fourth-order valence-electron chi connectivity index (χ4n) is 3.17.